The summed E-state index contributed by atoms with van der Waals surface area (Å²) in [7, 11) is -3.81. The zero-order valence-electron chi connectivity index (χ0n) is 16.7. The number of carbonyl (C=O) groups excluding carboxylic acids is 1. The second-order valence-corrected chi connectivity index (χ2v) is 9.19. The quantitative estimate of drug-likeness (QED) is 0.466. The molecule has 0 fully saturated rings. The molecule has 8 nitrogen and oxygen atoms in total. The van der Waals surface area contributed by atoms with Gasteiger partial charge < -0.3 is 5.32 Å². The van der Waals surface area contributed by atoms with E-state index < -0.39 is 26.7 Å². The fourth-order valence-electron chi connectivity index (χ4n) is 3.59. The lowest BCUT2D eigenvalue weighted by molar-refractivity contribution is -0.385. The number of nitrogens with zero attached hydrogens (tertiary/aromatic N) is 2. The van der Waals surface area contributed by atoms with Crippen molar-refractivity contribution >= 4 is 27.3 Å². The van der Waals surface area contributed by atoms with Crippen LogP contribution in [0.1, 0.15) is 21.5 Å². The van der Waals surface area contributed by atoms with Gasteiger partial charge in [-0.15, -0.1) is 0 Å². The summed E-state index contributed by atoms with van der Waals surface area (Å²) in [6.07, 6.45) is 0.480. The second-order valence-electron chi connectivity index (χ2n) is 7.25. The number of para-hydroxylation sites is 1. The molecule has 0 atom stereocenters. The number of anilines is 1. The first-order chi connectivity index (χ1) is 15.3. The van der Waals surface area contributed by atoms with Gasteiger partial charge in [-0.3, -0.25) is 14.9 Å². The number of halogens is 1. The summed E-state index contributed by atoms with van der Waals surface area (Å²) in [4.78, 5) is 23.1. The summed E-state index contributed by atoms with van der Waals surface area (Å²) < 4.78 is 40.3. The van der Waals surface area contributed by atoms with Gasteiger partial charge >= 0.3 is 0 Å². The molecule has 0 unspecified atom stereocenters. The van der Waals surface area contributed by atoms with E-state index in [-0.39, 0.29) is 29.2 Å². The largest absolute Gasteiger partial charge is 0.322 e. The maximum Gasteiger partial charge on any atom is 0.282 e. The highest BCUT2D eigenvalue weighted by Crippen LogP contribution is 2.28. The Morgan fingerprint density at radius 3 is 2.47 bits per heavy atom. The smallest absolute Gasteiger partial charge is 0.282 e. The van der Waals surface area contributed by atoms with Crippen LogP contribution in [-0.4, -0.2) is 30.1 Å². The van der Waals surface area contributed by atoms with Crippen LogP contribution in [0.15, 0.2) is 71.6 Å². The number of hydrogen-bond acceptors (Lipinski definition) is 5. The van der Waals surface area contributed by atoms with Gasteiger partial charge in [-0.05, 0) is 60.0 Å². The van der Waals surface area contributed by atoms with Gasteiger partial charge in [-0.1, -0.05) is 18.2 Å². The Morgan fingerprint density at radius 1 is 1.03 bits per heavy atom. The molecule has 0 radical (unpaired) electrons. The van der Waals surface area contributed by atoms with Crippen LogP contribution >= 0.6 is 0 Å². The number of amides is 1. The minimum absolute atomic E-state index is 0.00296. The molecule has 1 N–H and O–H groups in total. The van der Waals surface area contributed by atoms with Crippen LogP contribution in [0.5, 0.6) is 0 Å². The summed E-state index contributed by atoms with van der Waals surface area (Å²) in [5.41, 5.74) is 1.67. The fraction of sp³-hybridized carbons (Fsp3) is 0.136. The summed E-state index contributed by atoms with van der Waals surface area (Å²) in [6.45, 7) is 0.360. The first-order valence-corrected chi connectivity index (χ1v) is 11.1. The molecule has 0 bridgehead atoms. The van der Waals surface area contributed by atoms with Crippen molar-refractivity contribution in [3.05, 3.63) is 99.4 Å². The maximum atomic E-state index is 13.2. The molecule has 1 heterocycles. The molecule has 10 heteroatoms. The van der Waals surface area contributed by atoms with Crippen molar-refractivity contribution < 1.29 is 22.5 Å². The highest BCUT2D eigenvalue weighted by molar-refractivity contribution is 7.89. The summed E-state index contributed by atoms with van der Waals surface area (Å²) >= 11 is 0. The van der Waals surface area contributed by atoms with E-state index in [1.165, 1.54) is 40.7 Å². The van der Waals surface area contributed by atoms with Crippen LogP contribution < -0.4 is 5.32 Å². The number of hydrogen-bond donors (Lipinski definition) is 1. The van der Waals surface area contributed by atoms with Gasteiger partial charge in [-0.2, -0.15) is 4.31 Å². The number of nitrogens with one attached hydrogen (secondary N) is 1. The van der Waals surface area contributed by atoms with Gasteiger partial charge in [0.05, 0.1) is 9.82 Å². The molecule has 3 aromatic carbocycles. The van der Waals surface area contributed by atoms with E-state index in [1.807, 2.05) is 0 Å². The molecule has 1 aliphatic heterocycles. The average Bonchev–Trinajstić information content (AvgIpc) is 2.78. The molecule has 4 rings (SSSR count). The number of rotatable bonds is 5. The van der Waals surface area contributed by atoms with Gasteiger partial charge in [0.15, 0.2) is 0 Å². The van der Waals surface area contributed by atoms with Crippen molar-refractivity contribution in [3.8, 4) is 0 Å². The molecule has 32 heavy (non-hydrogen) atoms. The van der Waals surface area contributed by atoms with Crippen LogP contribution in [0.3, 0.4) is 0 Å². The number of benzene rings is 3. The highest BCUT2D eigenvalue weighted by atomic mass is 32.2. The molecule has 0 aliphatic carbocycles. The monoisotopic (exact) mass is 455 g/mol. The van der Waals surface area contributed by atoms with Gasteiger partial charge in [0.1, 0.15) is 11.4 Å². The summed E-state index contributed by atoms with van der Waals surface area (Å²) in [6, 6.07) is 15.4. The summed E-state index contributed by atoms with van der Waals surface area (Å²) in [5.74, 6) is -1.16. The number of carbonyl (C=O) groups is 1. The molecule has 1 aliphatic rings. The summed E-state index contributed by atoms with van der Waals surface area (Å²) in [5, 5.41) is 13.8. The molecular weight excluding hydrogens is 437 g/mol. The number of fused-ring (bicyclic) bond motifs is 1. The van der Waals surface area contributed by atoms with E-state index in [1.54, 1.807) is 18.2 Å². The topological polar surface area (TPSA) is 110 Å². The van der Waals surface area contributed by atoms with Crippen LogP contribution in [-0.2, 0) is 23.0 Å². The molecule has 0 saturated carbocycles. The van der Waals surface area contributed by atoms with Crippen LogP contribution in [0.2, 0.25) is 0 Å². The zero-order chi connectivity index (χ0) is 22.9. The minimum Gasteiger partial charge on any atom is -0.322 e. The Kier molecular flexibility index (Phi) is 5.72. The Labute approximate surface area is 183 Å². The van der Waals surface area contributed by atoms with Crippen molar-refractivity contribution in [2.24, 2.45) is 0 Å². The molecule has 3 aromatic rings. The Morgan fingerprint density at radius 2 is 1.75 bits per heavy atom. The lowest BCUT2D eigenvalue weighted by Crippen LogP contribution is -2.36. The van der Waals surface area contributed by atoms with Crippen LogP contribution in [0.4, 0.5) is 15.8 Å². The van der Waals surface area contributed by atoms with Gasteiger partial charge in [0.25, 0.3) is 11.6 Å². The van der Waals surface area contributed by atoms with Crippen molar-refractivity contribution in [2.75, 3.05) is 11.9 Å². The highest BCUT2D eigenvalue weighted by Gasteiger charge is 2.28. The van der Waals surface area contributed by atoms with Crippen molar-refractivity contribution in [1.82, 2.24) is 4.31 Å². The molecule has 164 valence electrons. The third-order valence-electron chi connectivity index (χ3n) is 5.24. The standard InChI is InChI=1S/C22H18FN3O5S/c23-17-6-9-19(10-7-17)32(30,31)25-12-11-15-5-8-18(13-16(15)14-25)24-22(27)20-3-1-2-4-21(20)26(28)29/h1-10,13H,11-12,14H2,(H,24,27). The van der Waals surface area contributed by atoms with Crippen molar-refractivity contribution in [1.29, 1.82) is 0 Å². The normalized spacial score (nSPS) is 13.9. The van der Waals surface area contributed by atoms with E-state index >= 15 is 0 Å². The van der Waals surface area contributed by atoms with E-state index in [9.17, 15) is 27.7 Å². The predicted octanol–water partition coefficient (Wildman–Crippen LogP) is 3.73. The molecule has 1 amide bonds. The lowest BCUT2D eigenvalue weighted by atomic mass is 10.0. The first-order valence-electron chi connectivity index (χ1n) is 9.68. The van der Waals surface area contributed by atoms with Crippen LogP contribution in [0.25, 0.3) is 0 Å². The third kappa shape index (κ3) is 4.23. The SMILES string of the molecule is O=C(Nc1ccc2c(c1)CN(S(=O)(=O)c1ccc(F)cc1)CC2)c1ccccc1[N+](=O)[O-]. The number of nitro groups is 1. The van der Waals surface area contributed by atoms with Crippen LogP contribution in [0, 0.1) is 15.9 Å². The Bertz CT molecular complexity index is 1310. The van der Waals surface area contributed by atoms with Gasteiger partial charge in [0, 0.05) is 24.8 Å². The molecule has 0 saturated heterocycles. The number of nitro benzene ring substituents is 1. The maximum absolute atomic E-state index is 13.2. The van der Waals surface area contributed by atoms with Gasteiger partial charge in [-0.25, -0.2) is 12.8 Å². The predicted molar refractivity (Wildman–Crippen MR) is 115 cm³/mol. The van der Waals surface area contributed by atoms with Crippen molar-refractivity contribution in [2.45, 2.75) is 17.9 Å². The van der Waals surface area contributed by atoms with Crippen molar-refractivity contribution in [3.63, 3.8) is 0 Å². The first kappa shape index (κ1) is 21.6. The molecule has 0 aromatic heterocycles. The minimum atomic E-state index is -3.81. The molecular formula is C22H18FN3O5S. The third-order valence-corrected chi connectivity index (χ3v) is 7.10. The van der Waals surface area contributed by atoms with Gasteiger partial charge in [0.2, 0.25) is 10.0 Å². The molecule has 0 spiro atoms. The zero-order valence-corrected chi connectivity index (χ0v) is 17.5. The number of sulfonamides is 1. The Balaban J connectivity index is 1.56. The average molecular weight is 455 g/mol. The van der Waals surface area contributed by atoms with E-state index in [0.29, 0.717) is 17.7 Å². The van der Waals surface area contributed by atoms with E-state index in [4.69, 9.17) is 0 Å². The lowest BCUT2D eigenvalue weighted by Gasteiger charge is -2.28. The van der Waals surface area contributed by atoms with E-state index in [2.05, 4.69) is 5.32 Å². The van der Waals surface area contributed by atoms with E-state index in [0.717, 1.165) is 17.7 Å². The fourth-order valence-corrected chi connectivity index (χ4v) is 5.01. The Hall–Kier alpha value is -3.63. The second kappa shape index (κ2) is 8.48.